The summed E-state index contributed by atoms with van der Waals surface area (Å²) in [5.74, 6) is -0.0344. The smallest absolute Gasteiger partial charge is 0.310 e. The number of nitrogens with zero attached hydrogens (tertiary/aromatic N) is 1. The van der Waals surface area contributed by atoms with Crippen molar-refractivity contribution < 1.29 is 23.9 Å². The molecule has 0 radical (unpaired) electrons. The summed E-state index contributed by atoms with van der Waals surface area (Å²) < 4.78 is 10.7. The first-order chi connectivity index (χ1) is 12.9. The van der Waals surface area contributed by atoms with Crippen molar-refractivity contribution in [2.24, 2.45) is 5.92 Å². The van der Waals surface area contributed by atoms with Gasteiger partial charge in [0, 0.05) is 13.1 Å². The predicted molar refractivity (Wildman–Crippen MR) is 99.3 cm³/mol. The van der Waals surface area contributed by atoms with Gasteiger partial charge in [0.05, 0.1) is 12.1 Å². The number of carbonyl (C=O) groups is 3. The maximum atomic E-state index is 12.3. The number of benzene rings is 1. The molecule has 2 aliphatic rings. The fourth-order valence-electron chi connectivity index (χ4n) is 3.51. The van der Waals surface area contributed by atoms with Crippen molar-refractivity contribution in [2.45, 2.75) is 51.2 Å². The molecule has 1 aliphatic carbocycles. The Labute approximate surface area is 159 Å². The number of hydrogen-bond donors (Lipinski definition) is 1. The summed E-state index contributed by atoms with van der Waals surface area (Å²) in [6.45, 7) is 1.91. The molecule has 1 aromatic carbocycles. The molecule has 1 saturated carbocycles. The van der Waals surface area contributed by atoms with Crippen molar-refractivity contribution in [1.82, 2.24) is 4.90 Å². The number of hydrogen-bond acceptors (Lipinski definition) is 5. The molecule has 0 aromatic heterocycles. The third kappa shape index (κ3) is 4.78. The molecular weight excluding hydrogens is 348 g/mol. The number of anilines is 1. The Kier molecular flexibility index (Phi) is 5.98. The standard InChI is InChI=1S/C20H26N2O5/c1-13-7-9-14(10-8-13)22(2)18(23)12-26-19(24)11-17-20(25)21-15-5-3-4-6-16(15)27-17/h3-6,13-14,17H,7-12H2,1-2H3,(H,21,25)/t13?,14?,17-/m1/s1. The monoisotopic (exact) mass is 374 g/mol. The lowest BCUT2D eigenvalue weighted by Gasteiger charge is -2.33. The van der Waals surface area contributed by atoms with Crippen molar-refractivity contribution in [1.29, 1.82) is 0 Å². The Bertz CT molecular complexity index is 712. The van der Waals surface area contributed by atoms with E-state index in [0.29, 0.717) is 17.4 Å². The van der Waals surface area contributed by atoms with Crippen LogP contribution in [0.25, 0.3) is 0 Å². The van der Waals surface area contributed by atoms with Gasteiger partial charge in [-0.3, -0.25) is 14.4 Å². The molecule has 0 bridgehead atoms. The van der Waals surface area contributed by atoms with Gasteiger partial charge in [0.2, 0.25) is 0 Å². The van der Waals surface area contributed by atoms with E-state index in [1.165, 1.54) is 0 Å². The molecule has 1 heterocycles. The second-order valence-corrected chi connectivity index (χ2v) is 7.38. The van der Waals surface area contributed by atoms with Gasteiger partial charge < -0.3 is 19.7 Å². The Morgan fingerprint density at radius 3 is 2.67 bits per heavy atom. The lowest BCUT2D eigenvalue weighted by atomic mass is 9.87. The zero-order valence-electron chi connectivity index (χ0n) is 15.8. The molecule has 7 heteroatoms. The first-order valence-electron chi connectivity index (χ1n) is 9.42. The van der Waals surface area contributed by atoms with Crippen LogP contribution in [0, 0.1) is 5.92 Å². The Morgan fingerprint density at radius 2 is 1.93 bits per heavy atom. The number of esters is 1. The van der Waals surface area contributed by atoms with E-state index >= 15 is 0 Å². The highest BCUT2D eigenvalue weighted by Crippen LogP contribution is 2.30. The molecule has 1 atom stereocenters. The summed E-state index contributed by atoms with van der Waals surface area (Å²) in [7, 11) is 1.76. The van der Waals surface area contributed by atoms with Crippen molar-refractivity contribution in [3.63, 3.8) is 0 Å². The van der Waals surface area contributed by atoms with Crippen LogP contribution in [0.4, 0.5) is 5.69 Å². The molecule has 3 rings (SSSR count). The van der Waals surface area contributed by atoms with E-state index in [4.69, 9.17) is 9.47 Å². The third-order valence-electron chi connectivity index (χ3n) is 5.34. The number of para-hydroxylation sites is 2. The molecule has 27 heavy (non-hydrogen) atoms. The lowest BCUT2D eigenvalue weighted by molar-refractivity contribution is -0.154. The SMILES string of the molecule is CC1CCC(N(C)C(=O)COC(=O)C[C@H]2Oc3ccccc3NC2=O)CC1. The van der Waals surface area contributed by atoms with Crippen LogP contribution in [0.1, 0.15) is 39.0 Å². The molecule has 146 valence electrons. The fraction of sp³-hybridized carbons (Fsp3) is 0.550. The van der Waals surface area contributed by atoms with E-state index in [2.05, 4.69) is 12.2 Å². The van der Waals surface area contributed by atoms with Crippen LogP contribution in [-0.4, -0.2) is 48.5 Å². The highest BCUT2D eigenvalue weighted by Gasteiger charge is 2.31. The Hall–Kier alpha value is -2.57. The number of amides is 2. The molecule has 7 nitrogen and oxygen atoms in total. The molecule has 0 unspecified atom stereocenters. The second-order valence-electron chi connectivity index (χ2n) is 7.38. The van der Waals surface area contributed by atoms with Crippen LogP contribution < -0.4 is 10.1 Å². The zero-order chi connectivity index (χ0) is 19.4. The van der Waals surface area contributed by atoms with Crippen LogP contribution in [0.3, 0.4) is 0 Å². The molecule has 0 saturated heterocycles. The minimum absolute atomic E-state index is 0.205. The maximum Gasteiger partial charge on any atom is 0.310 e. The van der Waals surface area contributed by atoms with Gasteiger partial charge in [-0.05, 0) is 43.7 Å². The quantitative estimate of drug-likeness (QED) is 0.800. The molecule has 2 amide bonds. The zero-order valence-corrected chi connectivity index (χ0v) is 15.8. The molecule has 1 aliphatic heterocycles. The van der Waals surface area contributed by atoms with Gasteiger partial charge in [-0.2, -0.15) is 0 Å². The molecule has 1 fully saturated rings. The first-order valence-corrected chi connectivity index (χ1v) is 9.42. The van der Waals surface area contributed by atoms with E-state index in [1.807, 2.05) is 0 Å². The highest BCUT2D eigenvalue weighted by atomic mass is 16.5. The van der Waals surface area contributed by atoms with Gasteiger partial charge in [0.1, 0.15) is 5.75 Å². The minimum Gasteiger partial charge on any atom is -0.478 e. The Morgan fingerprint density at radius 1 is 1.22 bits per heavy atom. The maximum absolute atomic E-state index is 12.3. The minimum atomic E-state index is -0.958. The molecule has 1 N–H and O–H groups in total. The van der Waals surface area contributed by atoms with Gasteiger partial charge in [-0.15, -0.1) is 0 Å². The van der Waals surface area contributed by atoms with Crippen LogP contribution >= 0.6 is 0 Å². The number of rotatable bonds is 5. The third-order valence-corrected chi connectivity index (χ3v) is 5.34. The van der Waals surface area contributed by atoms with E-state index < -0.39 is 18.0 Å². The van der Waals surface area contributed by atoms with Crippen molar-refractivity contribution >= 4 is 23.5 Å². The van der Waals surface area contributed by atoms with Crippen LogP contribution in [0.5, 0.6) is 5.75 Å². The number of likely N-dealkylation sites (N-methyl/N-ethyl adjacent to an activating group) is 1. The summed E-state index contributed by atoms with van der Waals surface area (Å²) in [5, 5.41) is 2.70. The average Bonchev–Trinajstić information content (AvgIpc) is 2.66. The number of ether oxygens (including phenoxy) is 2. The fourth-order valence-corrected chi connectivity index (χ4v) is 3.51. The van der Waals surface area contributed by atoms with E-state index in [1.54, 1.807) is 36.2 Å². The van der Waals surface area contributed by atoms with Crippen LogP contribution in [0.2, 0.25) is 0 Å². The summed E-state index contributed by atoms with van der Waals surface area (Å²) in [6.07, 6.45) is 2.98. The normalized spacial score (nSPS) is 24.2. The van der Waals surface area contributed by atoms with Gasteiger partial charge in [0.15, 0.2) is 12.7 Å². The summed E-state index contributed by atoms with van der Waals surface area (Å²) >= 11 is 0. The number of carbonyl (C=O) groups excluding carboxylic acids is 3. The van der Waals surface area contributed by atoms with E-state index in [9.17, 15) is 14.4 Å². The first kappa shape index (κ1) is 19.2. The predicted octanol–water partition coefficient (Wildman–Crippen LogP) is 2.36. The molecular formula is C20H26N2O5. The average molecular weight is 374 g/mol. The topological polar surface area (TPSA) is 84.9 Å². The van der Waals surface area contributed by atoms with Gasteiger partial charge in [-0.25, -0.2) is 0 Å². The highest BCUT2D eigenvalue weighted by molar-refractivity contribution is 5.99. The Balaban J connectivity index is 1.45. The van der Waals surface area contributed by atoms with E-state index in [-0.39, 0.29) is 25.0 Å². The van der Waals surface area contributed by atoms with Gasteiger partial charge >= 0.3 is 5.97 Å². The second kappa shape index (κ2) is 8.41. The summed E-state index contributed by atoms with van der Waals surface area (Å²) in [4.78, 5) is 38.1. The molecule has 1 aromatic rings. The molecule has 0 spiro atoms. The van der Waals surface area contributed by atoms with Crippen molar-refractivity contribution in [3.8, 4) is 5.75 Å². The van der Waals surface area contributed by atoms with Crippen molar-refractivity contribution in [3.05, 3.63) is 24.3 Å². The lowest BCUT2D eigenvalue weighted by Crippen LogP contribution is -2.42. The van der Waals surface area contributed by atoms with Gasteiger partial charge in [0.25, 0.3) is 11.8 Å². The number of nitrogens with one attached hydrogen (secondary N) is 1. The van der Waals surface area contributed by atoms with Gasteiger partial charge in [-0.1, -0.05) is 19.1 Å². The van der Waals surface area contributed by atoms with E-state index in [0.717, 1.165) is 25.7 Å². The van der Waals surface area contributed by atoms with Crippen molar-refractivity contribution in [2.75, 3.05) is 19.0 Å². The largest absolute Gasteiger partial charge is 0.478 e. The summed E-state index contributed by atoms with van der Waals surface area (Å²) in [5.41, 5.74) is 0.575. The summed E-state index contributed by atoms with van der Waals surface area (Å²) in [6, 6.07) is 7.22. The number of fused-ring (bicyclic) bond motifs is 1. The van der Waals surface area contributed by atoms with Crippen LogP contribution in [-0.2, 0) is 19.1 Å². The van der Waals surface area contributed by atoms with Crippen LogP contribution in [0.15, 0.2) is 24.3 Å².